The largest absolute Gasteiger partial charge is 0.508 e. The smallest absolute Gasteiger partial charge is 0.112 e. The highest BCUT2D eigenvalue weighted by molar-refractivity contribution is 5.83. The number of anilines is 1. The topological polar surface area (TPSA) is 28.4 Å². The Balaban J connectivity index is 2.12. The van der Waals surface area contributed by atoms with Gasteiger partial charge in [-0.2, -0.15) is 0 Å². The van der Waals surface area contributed by atoms with Gasteiger partial charge in [0.15, 0.2) is 0 Å². The summed E-state index contributed by atoms with van der Waals surface area (Å²) in [7, 11) is 4.26. The molecule has 3 nitrogen and oxygen atoms in total. The average Bonchev–Trinajstić information content (AvgIpc) is 2.63. The lowest BCUT2D eigenvalue weighted by molar-refractivity contribution is 0.440. The van der Waals surface area contributed by atoms with Gasteiger partial charge in [-0.15, -0.1) is 0 Å². The van der Waals surface area contributed by atoms with Gasteiger partial charge in [-0.25, -0.2) is 0 Å². The zero-order valence-corrected chi connectivity index (χ0v) is 13.2. The summed E-state index contributed by atoms with van der Waals surface area (Å²) in [6, 6.07) is 6.64. The summed E-state index contributed by atoms with van der Waals surface area (Å²) in [5.74, 6) is 0.362. The quantitative estimate of drug-likeness (QED) is 0.807. The molecule has 1 aliphatic carbocycles. The number of hydrogen-bond donors (Lipinski definition) is 1. The van der Waals surface area contributed by atoms with Crippen molar-refractivity contribution in [2.45, 2.75) is 19.9 Å². The van der Waals surface area contributed by atoms with Crippen LogP contribution in [0.1, 0.15) is 17.5 Å². The standard InChI is InChI=1S/C19H20N2O/c1-12-7-8-14-18(9-12)20(2)11-16-15-10-13(22)5-4-6-17(15)21(3)19(14)16/h5-10,22H,4,11H2,1-3H3. The number of aryl methyl sites for hydroxylation is 1. The first-order valence-corrected chi connectivity index (χ1v) is 7.67. The van der Waals surface area contributed by atoms with E-state index in [0.29, 0.717) is 5.76 Å². The summed E-state index contributed by atoms with van der Waals surface area (Å²) in [5.41, 5.74) is 6.41. The monoisotopic (exact) mass is 292 g/mol. The average molecular weight is 292 g/mol. The van der Waals surface area contributed by atoms with Gasteiger partial charge >= 0.3 is 0 Å². The van der Waals surface area contributed by atoms with E-state index in [4.69, 9.17) is 0 Å². The summed E-state index contributed by atoms with van der Waals surface area (Å²) < 4.78 is 2.27. The number of nitrogens with zero attached hydrogens (tertiary/aromatic N) is 2. The zero-order chi connectivity index (χ0) is 15.4. The maximum absolute atomic E-state index is 10.0. The van der Waals surface area contributed by atoms with Crippen molar-refractivity contribution in [3.05, 3.63) is 51.7 Å². The van der Waals surface area contributed by atoms with Gasteiger partial charge < -0.3 is 14.6 Å². The van der Waals surface area contributed by atoms with Crippen LogP contribution in [0.15, 0.2) is 30.0 Å². The van der Waals surface area contributed by atoms with Crippen LogP contribution in [0.2, 0.25) is 0 Å². The van der Waals surface area contributed by atoms with E-state index in [1.165, 1.54) is 33.4 Å². The maximum Gasteiger partial charge on any atom is 0.112 e. The van der Waals surface area contributed by atoms with Crippen LogP contribution in [-0.4, -0.2) is 16.7 Å². The van der Waals surface area contributed by atoms with Gasteiger partial charge in [0, 0.05) is 48.0 Å². The number of aliphatic hydroxyl groups is 1. The van der Waals surface area contributed by atoms with E-state index in [-0.39, 0.29) is 0 Å². The molecule has 1 aliphatic heterocycles. The molecule has 0 fully saturated rings. The Morgan fingerprint density at radius 3 is 2.77 bits per heavy atom. The zero-order valence-electron chi connectivity index (χ0n) is 13.2. The minimum Gasteiger partial charge on any atom is -0.508 e. The molecule has 2 aliphatic rings. The lowest BCUT2D eigenvalue weighted by Crippen LogP contribution is -2.30. The molecule has 3 heteroatoms. The highest BCUT2D eigenvalue weighted by Crippen LogP contribution is 2.37. The van der Waals surface area contributed by atoms with Crippen molar-refractivity contribution >= 4 is 17.8 Å². The minimum absolute atomic E-state index is 0.362. The summed E-state index contributed by atoms with van der Waals surface area (Å²) in [6.45, 7) is 3.00. The van der Waals surface area contributed by atoms with E-state index < -0.39 is 0 Å². The van der Waals surface area contributed by atoms with Crippen molar-refractivity contribution in [3.8, 4) is 11.3 Å². The molecule has 1 aromatic carbocycles. The number of rotatable bonds is 0. The molecule has 2 aromatic rings. The van der Waals surface area contributed by atoms with Crippen LogP contribution < -0.4 is 15.5 Å². The molecule has 0 unspecified atom stereocenters. The van der Waals surface area contributed by atoms with Gasteiger partial charge in [-0.1, -0.05) is 18.2 Å². The third-order valence-electron chi connectivity index (χ3n) is 4.73. The molecule has 1 N–H and O–H groups in total. The molecule has 2 heterocycles. The molecule has 0 saturated carbocycles. The lowest BCUT2D eigenvalue weighted by Gasteiger charge is -2.29. The van der Waals surface area contributed by atoms with Gasteiger partial charge in [0.1, 0.15) is 5.76 Å². The third-order valence-corrected chi connectivity index (χ3v) is 4.73. The summed E-state index contributed by atoms with van der Waals surface area (Å²) in [4.78, 5) is 2.30. The fraction of sp³-hybridized carbons (Fsp3) is 0.263. The van der Waals surface area contributed by atoms with Crippen LogP contribution in [0.5, 0.6) is 0 Å². The number of benzene rings is 1. The normalized spacial score (nSPS) is 15.8. The second kappa shape index (κ2) is 4.54. The SMILES string of the molecule is Cc1ccc2c(c1)N(C)Cc1c-2n(C)c2c1=CC(O)=CCC=2. The van der Waals surface area contributed by atoms with Crippen molar-refractivity contribution in [1.29, 1.82) is 0 Å². The predicted octanol–water partition coefficient (Wildman–Crippen LogP) is 2.36. The van der Waals surface area contributed by atoms with Crippen LogP contribution in [0.3, 0.4) is 0 Å². The number of allylic oxidation sites excluding steroid dienone is 2. The van der Waals surface area contributed by atoms with Gasteiger partial charge in [0.05, 0.1) is 5.69 Å². The Labute approximate surface area is 130 Å². The van der Waals surface area contributed by atoms with Crippen LogP contribution in [-0.2, 0) is 13.6 Å². The van der Waals surface area contributed by atoms with E-state index in [0.717, 1.165) is 18.2 Å². The first-order valence-electron chi connectivity index (χ1n) is 7.67. The molecule has 0 spiro atoms. The predicted molar refractivity (Wildman–Crippen MR) is 91.2 cm³/mol. The Hall–Kier alpha value is -2.42. The van der Waals surface area contributed by atoms with Gasteiger partial charge in [-0.05, 0) is 37.1 Å². The van der Waals surface area contributed by atoms with Crippen LogP contribution >= 0.6 is 0 Å². The maximum atomic E-state index is 10.0. The molecule has 0 atom stereocenters. The second-order valence-electron chi connectivity index (χ2n) is 6.27. The highest BCUT2D eigenvalue weighted by atomic mass is 16.3. The van der Waals surface area contributed by atoms with E-state index in [2.05, 4.69) is 54.8 Å². The molecular formula is C19H20N2O. The summed E-state index contributed by atoms with van der Waals surface area (Å²) in [6.07, 6.45) is 6.73. The Morgan fingerprint density at radius 1 is 1.14 bits per heavy atom. The first-order chi connectivity index (χ1) is 10.6. The van der Waals surface area contributed by atoms with Crippen molar-refractivity contribution in [2.75, 3.05) is 11.9 Å². The number of aliphatic hydroxyl groups excluding tert-OH is 1. The fourth-order valence-electron chi connectivity index (χ4n) is 3.68. The molecule has 1 aromatic heterocycles. The van der Waals surface area contributed by atoms with E-state index in [9.17, 15) is 5.11 Å². The molecule has 112 valence electrons. The summed E-state index contributed by atoms with van der Waals surface area (Å²) in [5, 5.41) is 12.4. The minimum atomic E-state index is 0.362. The molecule has 22 heavy (non-hydrogen) atoms. The van der Waals surface area contributed by atoms with Crippen LogP contribution in [0.25, 0.3) is 23.4 Å². The molecular weight excluding hydrogens is 272 g/mol. The molecule has 4 rings (SSSR count). The van der Waals surface area contributed by atoms with Crippen molar-refractivity contribution in [2.24, 2.45) is 7.05 Å². The van der Waals surface area contributed by atoms with E-state index >= 15 is 0 Å². The van der Waals surface area contributed by atoms with Crippen LogP contribution in [0, 0.1) is 6.92 Å². The molecule has 0 amide bonds. The number of aromatic nitrogens is 1. The van der Waals surface area contributed by atoms with Crippen molar-refractivity contribution in [1.82, 2.24) is 4.57 Å². The number of hydrogen-bond acceptors (Lipinski definition) is 2. The molecule has 0 saturated heterocycles. The molecule has 0 bridgehead atoms. The van der Waals surface area contributed by atoms with E-state index in [1.807, 2.05) is 12.2 Å². The molecule has 0 radical (unpaired) electrons. The highest BCUT2D eigenvalue weighted by Gasteiger charge is 2.25. The second-order valence-corrected chi connectivity index (χ2v) is 6.27. The Bertz CT molecular complexity index is 931. The Morgan fingerprint density at radius 2 is 1.95 bits per heavy atom. The van der Waals surface area contributed by atoms with Crippen molar-refractivity contribution in [3.63, 3.8) is 0 Å². The summed E-state index contributed by atoms with van der Waals surface area (Å²) >= 11 is 0. The fourth-order valence-corrected chi connectivity index (χ4v) is 3.68. The van der Waals surface area contributed by atoms with Crippen LogP contribution in [0.4, 0.5) is 5.69 Å². The van der Waals surface area contributed by atoms with Gasteiger partial charge in [0.25, 0.3) is 0 Å². The van der Waals surface area contributed by atoms with Gasteiger partial charge in [0.2, 0.25) is 0 Å². The van der Waals surface area contributed by atoms with Crippen molar-refractivity contribution < 1.29 is 5.11 Å². The first kappa shape index (κ1) is 13.3. The van der Waals surface area contributed by atoms with E-state index in [1.54, 1.807) is 0 Å². The lowest BCUT2D eigenvalue weighted by atomic mass is 9.97. The third kappa shape index (κ3) is 1.75. The number of fused-ring (bicyclic) bond motifs is 5. The van der Waals surface area contributed by atoms with Gasteiger partial charge in [-0.3, -0.25) is 0 Å². The Kier molecular flexibility index (Phi) is 2.73.